The van der Waals surface area contributed by atoms with Crippen molar-refractivity contribution in [1.82, 2.24) is 15.2 Å². The molecule has 0 aliphatic rings. The molecule has 0 fully saturated rings. The number of nitrogens with zero attached hydrogens (tertiary/aromatic N) is 2. The van der Waals surface area contributed by atoms with Gasteiger partial charge in [0.15, 0.2) is 0 Å². The summed E-state index contributed by atoms with van der Waals surface area (Å²) in [5, 5.41) is 4.74. The Balaban J connectivity index is 2.02. The van der Waals surface area contributed by atoms with Crippen LogP contribution >= 0.6 is 11.3 Å². The second-order valence-corrected chi connectivity index (χ2v) is 6.23. The highest BCUT2D eigenvalue weighted by molar-refractivity contribution is 7.11. The van der Waals surface area contributed by atoms with E-state index in [1.807, 2.05) is 17.5 Å². The third kappa shape index (κ3) is 5.94. The van der Waals surface area contributed by atoms with Crippen LogP contribution in [-0.4, -0.2) is 36.1 Å². The van der Waals surface area contributed by atoms with Gasteiger partial charge in [0.05, 0.1) is 5.01 Å². The van der Waals surface area contributed by atoms with Crippen LogP contribution in [0.4, 0.5) is 0 Å². The van der Waals surface area contributed by atoms with E-state index >= 15 is 0 Å². The third-order valence-corrected chi connectivity index (χ3v) is 4.34. The van der Waals surface area contributed by atoms with Crippen LogP contribution in [0.15, 0.2) is 6.20 Å². The lowest BCUT2D eigenvalue weighted by atomic mass is 10.2. The Morgan fingerprint density at radius 1 is 1.39 bits per heavy atom. The van der Waals surface area contributed by atoms with Crippen LogP contribution < -0.4 is 5.32 Å². The van der Waals surface area contributed by atoms with Gasteiger partial charge in [0.25, 0.3) is 0 Å². The van der Waals surface area contributed by atoms with Crippen LogP contribution in [0.1, 0.15) is 43.5 Å². The average Bonchev–Trinajstić information content (AvgIpc) is 2.81. The van der Waals surface area contributed by atoms with E-state index in [9.17, 15) is 0 Å². The minimum absolute atomic E-state index is 0.655. The molecule has 0 saturated heterocycles. The minimum atomic E-state index is 0.655. The molecule has 4 heteroatoms. The Bertz CT molecular complexity index is 323. The van der Waals surface area contributed by atoms with Gasteiger partial charge in [0.2, 0.25) is 0 Å². The maximum absolute atomic E-state index is 4.36. The highest BCUT2D eigenvalue weighted by Crippen LogP contribution is 2.12. The molecule has 0 saturated carbocycles. The molecule has 104 valence electrons. The second-order valence-electron chi connectivity index (χ2n) is 5.03. The molecule has 18 heavy (non-hydrogen) atoms. The zero-order valence-corrected chi connectivity index (χ0v) is 13.0. The van der Waals surface area contributed by atoms with Crippen molar-refractivity contribution in [2.75, 3.05) is 20.1 Å². The number of hydrogen-bond donors (Lipinski definition) is 1. The first-order valence-corrected chi connectivity index (χ1v) is 7.79. The normalized spacial score (nSPS) is 11.7. The highest BCUT2D eigenvalue weighted by atomic mass is 32.1. The Morgan fingerprint density at radius 3 is 2.78 bits per heavy atom. The van der Waals surface area contributed by atoms with Gasteiger partial charge in [0.1, 0.15) is 0 Å². The van der Waals surface area contributed by atoms with Crippen molar-refractivity contribution >= 4 is 11.3 Å². The molecule has 0 radical (unpaired) electrons. The molecule has 0 bridgehead atoms. The monoisotopic (exact) mass is 269 g/mol. The molecule has 1 N–H and O–H groups in total. The fourth-order valence-electron chi connectivity index (χ4n) is 1.67. The number of aryl methyl sites for hydroxylation is 1. The molecule has 0 aliphatic carbocycles. The summed E-state index contributed by atoms with van der Waals surface area (Å²) in [6, 6.07) is 0.655. The number of thiazole rings is 1. The van der Waals surface area contributed by atoms with Crippen molar-refractivity contribution in [3.05, 3.63) is 16.1 Å². The quantitative estimate of drug-likeness (QED) is 0.699. The third-order valence-electron chi connectivity index (χ3n) is 3.20. The van der Waals surface area contributed by atoms with Gasteiger partial charge < -0.3 is 10.2 Å². The van der Waals surface area contributed by atoms with Gasteiger partial charge in [-0.25, -0.2) is 4.98 Å². The molecule has 0 atom stereocenters. The van der Waals surface area contributed by atoms with Gasteiger partial charge in [-0.1, -0.05) is 6.92 Å². The maximum atomic E-state index is 4.36. The summed E-state index contributed by atoms with van der Waals surface area (Å²) in [4.78, 5) is 8.12. The summed E-state index contributed by atoms with van der Waals surface area (Å²) in [6.07, 6.45) is 5.57. The van der Waals surface area contributed by atoms with Crippen molar-refractivity contribution in [2.45, 2.75) is 52.6 Å². The van der Waals surface area contributed by atoms with Gasteiger partial charge >= 0.3 is 0 Å². The van der Waals surface area contributed by atoms with Crippen LogP contribution in [0.25, 0.3) is 0 Å². The predicted molar refractivity (Wildman–Crippen MR) is 80.2 cm³/mol. The van der Waals surface area contributed by atoms with Gasteiger partial charge in [-0.2, -0.15) is 0 Å². The fraction of sp³-hybridized carbons (Fsp3) is 0.786. The number of nitrogens with one attached hydrogen (secondary N) is 1. The van der Waals surface area contributed by atoms with E-state index in [2.05, 4.69) is 43.0 Å². The first kappa shape index (κ1) is 15.6. The van der Waals surface area contributed by atoms with Crippen molar-refractivity contribution in [1.29, 1.82) is 0 Å². The first-order valence-electron chi connectivity index (χ1n) is 6.98. The molecule has 0 amide bonds. The van der Waals surface area contributed by atoms with Gasteiger partial charge in [-0.05, 0) is 53.2 Å². The number of aromatic nitrogens is 1. The maximum Gasteiger partial charge on any atom is 0.0925 e. The van der Waals surface area contributed by atoms with Gasteiger partial charge in [0, 0.05) is 23.7 Å². The van der Waals surface area contributed by atoms with E-state index < -0.39 is 0 Å². The largest absolute Gasteiger partial charge is 0.312 e. The lowest BCUT2D eigenvalue weighted by Crippen LogP contribution is -2.27. The lowest BCUT2D eigenvalue weighted by molar-refractivity contribution is 0.268. The second kappa shape index (κ2) is 8.62. The van der Waals surface area contributed by atoms with Crippen molar-refractivity contribution in [2.24, 2.45) is 0 Å². The van der Waals surface area contributed by atoms with Crippen LogP contribution in [0.5, 0.6) is 0 Å². The molecule has 0 aromatic carbocycles. The molecule has 3 nitrogen and oxygen atoms in total. The molecule has 0 spiro atoms. The summed E-state index contributed by atoms with van der Waals surface area (Å²) < 4.78 is 0. The topological polar surface area (TPSA) is 28.2 Å². The molecule has 1 heterocycles. The van der Waals surface area contributed by atoms with Crippen LogP contribution in [0.2, 0.25) is 0 Å². The standard InChI is InChI=1S/C14H27N3S/c1-5-14-16-11-13(18-14)10-15-8-6-7-9-17(4)12(2)3/h11-12,15H,5-10H2,1-4H3. The van der Waals surface area contributed by atoms with Crippen molar-refractivity contribution < 1.29 is 0 Å². The zero-order valence-electron chi connectivity index (χ0n) is 12.2. The van der Waals surface area contributed by atoms with Crippen LogP contribution in [0.3, 0.4) is 0 Å². The molecular weight excluding hydrogens is 242 g/mol. The van der Waals surface area contributed by atoms with E-state index in [0.717, 1.165) is 19.5 Å². The Kier molecular flexibility index (Phi) is 7.47. The molecule has 1 aromatic rings. The van der Waals surface area contributed by atoms with Gasteiger partial charge in [-0.15, -0.1) is 11.3 Å². The summed E-state index contributed by atoms with van der Waals surface area (Å²) >= 11 is 1.82. The highest BCUT2D eigenvalue weighted by Gasteiger charge is 2.02. The van der Waals surface area contributed by atoms with Crippen molar-refractivity contribution in [3.8, 4) is 0 Å². The van der Waals surface area contributed by atoms with Crippen LogP contribution in [0, 0.1) is 0 Å². The minimum Gasteiger partial charge on any atom is -0.312 e. The average molecular weight is 269 g/mol. The van der Waals surface area contributed by atoms with E-state index in [0.29, 0.717) is 6.04 Å². The van der Waals surface area contributed by atoms with E-state index in [1.54, 1.807) is 0 Å². The predicted octanol–water partition coefficient (Wildman–Crippen LogP) is 2.92. The molecule has 0 unspecified atom stereocenters. The molecule has 0 aliphatic heterocycles. The molecule has 1 aromatic heterocycles. The van der Waals surface area contributed by atoms with Crippen molar-refractivity contribution in [3.63, 3.8) is 0 Å². The van der Waals surface area contributed by atoms with E-state index in [4.69, 9.17) is 0 Å². The summed E-state index contributed by atoms with van der Waals surface area (Å²) in [5.41, 5.74) is 0. The first-order chi connectivity index (χ1) is 8.63. The smallest absolute Gasteiger partial charge is 0.0925 e. The Morgan fingerprint density at radius 2 is 2.17 bits per heavy atom. The summed E-state index contributed by atoms with van der Waals surface area (Å²) in [7, 11) is 2.20. The number of unbranched alkanes of at least 4 members (excludes halogenated alkanes) is 1. The van der Waals surface area contributed by atoms with E-state index in [-0.39, 0.29) is 0 Å². The SMILES string of the molecule is CCc1ncc(CNCCCCN(C)C(C)C)s1. The zero-order chi connectivity index (χ0) is 13.4. The van der Waals surface area contributed by atoms with Gasteiger partial charge in [-0.3, -0.25) is 0 Å². The number of rotatable bonds is 9. The lowest BCUT2D eigenvalue weighted by Gasteiger charge is -2.20. The molecular formula is C14H27N3S. The summed E-state index contributed by atoms with van der Waals surface area (Å²) in [5.74, 6) is 0. The van der Waals surface area contributed by atoms with E-state index in [1.165, 1.54) is 29.3 Å². The number of hydrogen-bond acceptors (Lipinski definition) is 4. The Hall–Kier alpha value is -0.450. The summed E-state index contributed by atoms with van der Waals surface area (Å²) in [6.45, 7) is 9.91. The van der Waals surface area contributed by atoms with Crippen LogP contribution in [-0.2, 0) is 13.0 Å². The fourth-order valence-corrected chi connectivity index (χ4v) is 2.51. The Labute approximate surface area is 116 Å². The molecule has 1 rings (SSSR count).